The maximum Gasteiger partial charge on any atom is 0.233 e. The van der Waals surface area contributed by atoms with Crippen molar-refractivity contribution >= 4 is 11.3 Å². The Hall–Kier alpha value is -1.53. The number of nitrogens with zero attached hydrogens (tertiary/aromatic N) is 3. The molecule has 0 bridgehead atoms. The summed E-state index contributed by atoms with van der Waals surface area (Å²) < 4.78 is 4.98. The van der Waals surface area contributed by atoms with E-state index < -0.39 is 0 Å². The number of nitrogens with two attached hydrogens (primary N) is 1. The first-order valence-electron chi connectivity index (χ1n) is 5.85. The van der Waals surface area contributed by atoms with Gasteiger partial charge in [-0.3, -0.25) is 0 Å². The number of methoxy groups -OCH3 is 1. The first-order valence-corrected chi connectivity index (χ1v) is 6.66. The fourth-order valence-corrected chi connectivity index (χ4v) is 2.58. The molecule has 6 heteroatoms. The summed E-state index contributed by atoms with van der Waals surface area (Å²) in [6, 6.07) is 3.64. The summed E-state index contributed by atoms with van der Waals surface area (Å²) in [5.41, 5.74) is 7.58. The van der Waals surface area contributed by atoms with Crippen molar-refractivity contribution < 1.29 is 4.74 Å². The van der Waals surface area contributed by atoms with Crippen LogP contribution in [0.15, 0.2) is 12.1 Å². The van der Waals surface area contributed by atoms with Gasteiger partial charge in [-0.25, -0.2) is 4.98 Å². The molecule has 2 rings (SSSR count). The molecule has 2 heterocycles. The summed E-state index contributed by atoms with van der Waals surface area (Å²) >= 11 is 1.59. The highest BCUT2D eigenvalue weighted by molar-refractivity contribution is 7.15. The van der Waals surface area contributed by atoms with Gasteiger partial charge in [0.05, 0.1) is 12.8 Å². The minimum absolute atomic E-state index is 0.503. The topological polar surface area (TPSA) is 73.9 Å². The number of hydrogen-bond acceptors (Lipinski definition) is 6. The van der Waals surface area contributed by atoms with Crippen molar-refractivity contribution in [1.82, 2.24) is 15.2 Å². The molecule has 0 unspecified atom stereocenters. The SMILES string of the molecule is CCCc1nc(-c2ccc(OC)nn2)sc1CN. The van der Waals surface area contributed by atoms with Crippen LogP contribution in [0, 0.1) is 0 Å². The van der Waals surface area contributed by atoms with E-state index in [1.165, 1.54) is 0 Å². The molecule has 0 aliphatic heterocycles. The molecule has 2 aromatic heterocycles. The number of ether oxygens (including phenoxy) is 1. The van der Waals surface area contributed by atoms with Gasteiger partial charge in [-0.15, -0.1) is 21.5 Å². The standard InChI is InChI=1S/C12H16N4OS/c1-3-4-8-10(7-13)18-12(14-8)9-5-6-11(17-2)16-15-9/h5-6H,3-4,7,13H2,1-2H3. The molecule has 5 nitrogen and oxygen atoms in total. The number of aromatic nitrogens is 3. The maximum atomic E-state index is 5.73. The van der Waals surface area contributed by atoms with Crippen LogP contribution in [0.1, 0.15) is 23.9 Å². The Kier molecular flexibility index (Phi) is 4.22. The quantitative estimate of drug-likeness (QED) is 0.894. The van der Waals surface area contributed by atoms with Gasteiger partial charge in [-0.05, 0) is 12.5 Å². The van der Waals surface area contributed by atoms with E-state index in [1.807, 2.05) is 6.07 Å². The lowest BCUT2D eigenvalue weighted by Crippen LogP contribution is -1.98. The number of rotatable bonds is 5. The fourth-order valence-electron chi connectivity index (χ4n) is 1.63. The smallest absolute Gasteiger partial charge is 0.233 e. The average molecular weight is 264 g/mol. The van der Waals surface area contributed by atoms with Crippen LogP contribution < -0.4 is 10.5 Å². The molecule has 0 aromatic carbocycles. The van der Waals surface area contributed by atoms with Crippen molar-refractivity contribution in [3.05, 3.63) is 22.7 Å². The Balaban J connectivity index is 2.31. The van der Waals surface area contributed by atoms with Crippen LogP contribution in [0.3, 0.4) is 0 Å². The van der Waals surface area contributed by atoms with Crippen LogP contribution in [0.5, 0.6) is 5.88 Å². The summed E-state index contributed by atoms with van der Waals surface area (Å²) in [5, 5.41) is 8.92. The van der Waals surface area contributed by atoms with Crippen molar-refractivity contribution in [3.63, 3.8) is 0 Å². The Morgan fingerprint density at radius 1 is 1.33 bits per heavy atom. The lowest BCUT2D eigenvalue weighted by atomic mass is 10.2. The second kappa shape index (κ2) is 5.88. The molecule has 0 spiro atoms. The van der Waals surface area contributed by atoms with Crippen LogP contribution in [-0.4, -0.2) is 22.3 Å². The lowest BCUT2D eigenvalue weighted by Gasteiger charge is -1.97. The van der Waals surface area contributed by atoms with E-state index in [2.05, 4.69) is 22.1 Å². The molecule has 96 valence electrons. The zero-order valence-corrected chi connectivity index (χ0v) is 11.3. The lowest BCUT2D eigenvalue weighted by molar-refractivity contribution is 0.392. The Bertz CT molecular complexity index is 509. The molecule has 0 amide bonds. The zero-order valence-electron chi connectivity index (χ0n) is 10.5. The monoisotopic (exact) mass is 264 g/mol. The van der Waals surface area contributed by atoms with Crippen molar-refractivity contribution in [2.75, 3.05) is 7.11 Å². The van der Waals surface area contributed by atoms with Crippen molar-refractivity contribution in [1.29, 1.82) is 0 Å². The fraction of sp³-hybridized carbons (Fsp3) is 0.417. The van der Waals surface area contributed by atoms with E-state index >= 15 is 0 Å². The molecule has 0 fully saturated rings. The molecule has 0 aliphatic carbocycles. The molecule has 0 atom stereocenters. The van der Waals surface area contributed by atoms with Gasteiger partial charge in [-0.2, -0.15) is 0 Å². The first-order chi connectivity index (χ1) is 8.78. The summed E-state index contributed by atoms with van der Waals surface area (Å²) in [4.78, 5) is 5.72. The third-order valence-corrected chi connectivity index (χ3v) is 3.66. The second-order valence-electron chi connectivity index (χ2n) is 3.80. The van der Waals surface area contributed by atoms with Gasteiger partial charge >= 0.3 is 0 Å². The van der Waals surface area contributed by atoms with Gasteiger partial charge in [-0.1, -0.05) is 13.3 Å². The first kappa shape index (κ1) is 12.9. The van der Waals surface area contributed by atoms with E-state index in [4.69, 9.17) is 10.5 Å². The van der Waals surface area contributed by atoms with Gasteiger partial charge in [0.1, 0.15) is 10.7 Å². The summed E-state index contributed by atoms with van der Waals surface area (Å²) in [6.45, 7) is 2.66. The molecule has 2 aromatic rings. The van der Waals surface area contributed by atoms with Gasteiger partial charge < -0.3 is 10.5 Å². The second-order valence-corrected chi connectivity index (χ2v) is 4.89. The molecule has 0 saturated carbocycles. The van der Waals surface area contributed by atoms with Crippen LogP contribution in [-0.2, 0) is 13.0 Å². The molecule has 18 heavy (non-hydrogen) atoms. The predicted molar refractivity (Wildman–Crippen MR) is 71.6 cm³/mol. The molecule has 2 N–H and O–H groups in total. The molecular formula is C12H16N4OS. The summed E-state index contributed by atoms with van der Waals surface area (Å²) in [7, 11) is 1.57. The Morgan fingerprint density at radius 2 is 2.17 bits per heavy atom. The van der Waals surface area contributed by atoms with Gasteiger partial charge in [0.2, 0.25) is 5.88 Å². The normalized spacial score (nSPS) is 10.6. The Morgan fingerprint density at radius 3 is 2.72 bits per heavy atom. The van der Waals surface area contributed by atoms with E-state index in [9.17, 15) is 0 Å². The maximum absolute atomic E-state index is 5.73. The van der Waals surface area contributed by atoms with Crippen LogP contribution in [0.4, 0.5) is 0 Å². The predicted octanol–water partition coefficient (Wildman–Crippen LogP) is 2.02. The highest BCUT2D eigenvalue weighted by atomic mass is 32.1. The zero-order chi connectivity index (χ0) is 13.0. The Labute approximate surface area is 110 Å². The van der Waals surface area contributed by atoms with E-state index in [1.54, 1.807) is 24.5 Å². The third-order valence-electron chi connectivity index (χ3n) is 2.52. The van der Waals surface area contributed by atoms with E-state index in [0.717, 1.165) is 34.1 Å². The van der Waals surface area contributed by atoms with Crippen molar-refractivity contribution in [3.8, 4) is 16.6 Å². The minimum Gasteiger partial charge on any atom is -0.480 e. The van der Waals surface area contributed by atoms with Crippen LogP contribution in [0.25, 0.3) is 10.7 Å². The largest absolute Gasteiger partial charge is 0.480 e. The number of aryl methyl sites for hydroxylation is 1. The molecule has 0 aliphatic rings. The van der Waals surface area contributed by atoms with E-state index in [0.29, 0.717) is 12.4 Å². The van der Waals surface area contributed by atoms with Gasteiger partial charge in [0.15, 0.2) is 0 Å². The van der Waals surface area contributed by atoms with Gasteiger partial charge in [0, 0.05) is 17.5 Å². The van der Waals surface area contributed by atoms with Crippen molar-refractivity contribution in [2.24, 2.45) is 5.73 Å². The third kappa shape index (κ3) is 2.65. The molecule has 0 saturated heterocycles. The number of hydrogen-bond donors (Lipinski definition) is 1. The van der Waals surface area contributed by atoms with E-state index in [-0.39, 0.29) is 0 Å². The van der Waals surface area contributed by atoms with Gasteiger partial charge in [0.25, 0.3) is 0 Å². The summed E-state index contributed by atoms with van der Waals surface area (Å²) in [6.07, 6.45) is 2.01. The summed E-state index contributed by atoms with van der Waals surface area (Å²) in [5.74, 6) is 0.503. The average Bonchev–Trinajstić information content (AvgIpc) is 2.82. The highest BCUT2D eigenvalue weighted by Crippen LogP contribution is 2.27. The molecular weight excluding hydrogens is 248 g/mol. The highest BCUT2D eigenvalue weighted by Gasteiger charge is 2.12. The van der Waals surface area contributed by atoms with Crippen LogP contribution >= 0.6 is 11.3 Å². The minimum atomic E-state index is 0.503. The van der Waals surface area contributed by atoms with Crippen molar-refractivity contribution in [2.45, 2.75) is 26.3 Å². The van der Waals surface area contributed by atoms with Crippen LogP contribution in [0.2, 0.25) is 0 Å². The number of thiazole rings is 1. The molecule has 0 radical (unpaired) electrons.